The van der Waals surface area contributed by atoms with Crippen LogP contribution in [0.15, 0.2) is 58.8 Å². The van der Waals surface area contributed by atoms with Crippen LogP contribution in [0.5, 0.6) is 5.75 Å². The SMILES string of the molecule is O=C(NCc1ccc(COc2cc(F)cc(F)c2)cc1)[C@@H]1CCCN1S(=O)(=O)c1ccc(Cl)s1. The van der Waals surface area contributed by atoms with Crippen LogP contribution in [0.2, 0.25) is 4.34 Å². The molecule has 6 nitrogen and oxygen atoms in total. The van der Waals surface area contributed by atoms with Crippen LogP contribution in [0.1, 0.15) is 24.0 Å². The second-order valence-electron chi connectivity index (χ2n) is 7.76. The third-order valence-corrected chi connectivity index (χ3v) is 8.96. The number of sulfonamides is 1. The summed E-state index contributed by atoms with van der Waals surface area (Å²) >= 11 is 6.85. The predicted octanol–water partition coefficient (Wildman–Crippen LogP) is 4.73. The van der Waals surface area contributed by atoms with Crippen molar-refractivity contribution in [3.63, 3.8) is 0 Å². The lowest BCUT2D eigenvalue weighted by molar-refractivity contribution is -0.124. The highest BCUT2D eigenvalue weighted by atomic mass is 35.5. The maximum Gasteiger partial charge on any atom is 0.253 e. The van der Waals surface area contributed by atoms with Crippen molar-refractivity contribution in [2.75, 3.05) is 6.54 Å². The standard InChI is InChI=1S/C23H21ClF2N2O4S2/c24-21-7-8-22(33-21)34(30,31)28-9-1-2-20(28)23(29)27-13-15-3-5-16(6-4-15)14-32-19-11-17(25)10-18(26)12-19/h3-8,10-12,20H,1-2,9,13-14H2,(H,27,29)/t20-/m0/s1. The van der Waals surface area contributed by atoms with Gasteiger partial charge in [0.1, 0.15) is 34.2 Å². The molecular weight excluding hydrogens is 506 g/mol. The van der Waals surface area contributed by atoms with Gasteiger partial charge in [0.05, 0.1) is 4.34 Å². The molecule has 0 radical (unpaired) electrons. The average molecular weight is 527 g/mol. The van der Waals surface area contributed by atoms with E-state index in [4.69, 9.17) is 16.3 Å². The van der Waals surface area contributed by atoms with Crippen LogP contribution in [0.4, 0.5) is 8.78 Å². The van der Waals surface area contributed by atoms with E-state index in [1.807, 2.05) is 0 Å². The third kappa shape index (κ3) is 5.75. The number of hydrogen-bond donors (Lipinski definition) is 1. The second kappa shape index (κ2) is 10.4. The van der Waals surface area contributed by atoms with Crippen molar-refractivity contribution < 1.29 is 26.7 Å². The first kappa shape index (κ1) is 24.6. The fourth-order valence-electron chi connectivity index (χ4n) is 3.68. The van der Waals surface area contributed by atoms with Crippen LogP contribution < -0.4 is 10.1 Å². The smallest absolute Gasteiger partial charge is 0.253 e. The molecule has 0 bridgehead atoms. The molecule has 1 saturated heterocycles. The summed E-state index contributed by atoms with van der Waals surface area (Å²) in [5, 5.41) is 2.81. The van der Waals surface area contributed by atoms with E-state index in [2.05, 4.69) is 5.32 Å². The van der Waals surface area contributed by atoms with E-state index in [0.29, 0.717) is 17.2 Å². The summed E-state index contributed by atoms with van der Waals surface area (Å²) < 4.78 is 59.5. The maximum absolute atomic E-state index is 13.2. The fourth-order valence-corrected chi connectivity index (χ4v) is 6.95. The average Bonchev–Trinajstić information content (AvgIpc) is 3.46. The summed E-state index contributed by atoms with van der Waals surface area (Å²) in [7, 11) is -3.79. The minimum absolute atomic E-state index is 0.0923. The van der Waals surface area contributed by atoms with Crippen molar-refractivity contribution in [1.82, 2.24) is 9.62 Å². The van der Waals surface area contributed by atoms with Crippen LogP contribution in [-0.2, 0) is 28.0 Å². The fraction of sp³-hybridized carbons (Fsp3) is 0.261. The quantitative estimate of drug-likeness (QED) is 0.460. The first-order chi connectivity index (χ1) is 16.2. The van der Waals surface area contributed by atoms with Gasteiger partial charge in [-0.25, -0.2) is 17.2 Å². The molecule has 1 fully saturated rings. The first-order valence-corrected chi connectivity index (χ1v) is 13.1. The third-order valence-electron chi connectivity index (χ3n) is 5.35. The summed E-state index contributed by atoms with van der Waals surface area (Å²) in [6, 6.07) is 12.3. The molecule has 1 N–H and O–H groups in total. The number of ether oxygens (including phenoxy) is 1. The predicted molar refractivity (Wildman–Crippen MR) is 125 cm³/mol. The van der Waals surface area contributed by atoms with Crippen molar-refractivity contribution >= 4 is 38.9 Å². The van der Waals surface area contributed by atoms with Crippen LogP contribution >= 0.6 is 22.9 Å². The van der Waals surface area contributed by atoms with Gasteiger partial charge in [-0.3, -0.25) is 4.79 Å². The molecule has 2 aromatic carbocycles. The Balaban J connectivity index is 1.32. The van der Waals surface area contributed by atoms with E-state index in [0.717, 1.165) is 40.7 Å². The van der Waals surface area contributed by atoms with Crippen LogP contribution in [-0.4, -0.2) is 31.2 Å². The number of carbonyl (C=O) groups excluding carboxylic acids is 1. The van der Waals surface area contributed by atoms with E-state index < -0.39 is 27.7 Å². The molecule has 1 aliphatic heterocycles. The molecule has 1 aliphatic rings. The van der Waals surface area contributed by atoms with Crippen molar-refractivity contribution in [3.05, 3.63) is 81.7 Å². The van der Waals surface area contributed by atoms with Gasteiger partial charge >= 0.3 is 0 Å². The highest BCUT2D eigenvalue weighted by Gasteiger charge is 2.39. The summed E-state index contributed by atoms with van der Waals surface area (Å²) in [6.45, 7) is 0.626. The van der Waals surface area contributed by atoms with Gasteiger partial charge in [-0.2, -0.15) is 4.31 Å². The Morgan fingerprint density at radius 2 is 1.76 bits per heavy atom. The Labute approximate surface area is 205 Å². The van der Waals surface area contributed by atoms with Gasteiger partial charge in [0, 0.05) is 31.3 Å². The molecule has 1 atom stereocenters. The lowest BCUT2D eigenvalue weighted by Gasteiger charge is -2.22. The number of nitrogens with zero attached hydrogens (tertiary/aromatic N) is 1. The van der Waals surface area contributed by atoms with Gasteiger partial charge < -0.3 is 10.1 Å². The Kier molecular flexibility index (Phi) is 7.51. The molecule has 1 aromatic heterocycles. The monoisotopic (exact) mass is 526 g/mol. The zero-order chi connectivity index (χ0) is 24.3. The number of amides is 1. The summed E-state index contributed by atoms with van der Waals surface area (Å²) in [5.74, 6) is -1.69. The van der Waals surface area contributed by atoms with Crippen molar-refractivity contribution in [3.8, 4) is 5.75 Å². The van der Waals surface area contributed by atoms with E-state index in [1.54, 1.807) is 24.3 Å². The van der Waals surface area contributed by atoms with E-state index in [1.165, 1.54) is 16.4 Å². The molecule has 1 amide bonds. The van der Waals surface area contributed by atoms with E-state index in [9.17, 15) is 22.0 Å². The lowest BCUT2D eigenvalue weighted by atomic mass is 10.1. The first-order valence-electron chi connectivity index (χ1n) is 10.4. The van der Waals surface area contributed by atoms with Gasteiger partial charge in [-0.15, -0.1) is 11.3 Å². The minimum atomic E-state index is -3.79. The van der Waals surface area contributed by atoms with Crippen molar-refractivity contribution in [1.29, 1.82) is 0 Å². The zero-order valence-corrected chi connectivity index (χ0v) is 20.2. The Morgan fingerprint density at radius 3 is 2.41 bits per heavy atom. The van der Waals surface area contributed by atoms with E-state index in [-0.39, 0.29) is 35.6 Å². The molecule has 180 valence electrons. The van der Waals surface area contributed by atoms with Gasteiger partial charge in [-0.05, 0) is 36.1 Å². The lowest BCUT2D eigenvalue weighted by Crippen LogP contribution is -2.45. The number of benzene rings is 2. The zero-order valence-electron chi connectivity index (χ0n) is 17.8. The maximum atomic E-state index is 13.2. The molecule has 0 aliphatic carbocycles. The molecule has 3 aromatic rings. The Hall–Kier alpha value is -2.53. The van der Waals surface area contributed by atoms with E-state index >= 15 is 0 Å². The molecule has 4 rings (SSSR count). The molecule has 0 saturated carbocycles. The topological polar surface area (TPSA) is 75.7 Å². The van der Waals surface area contributed by atoms with Crippen LogP contribution in [0.3, 0.4) is 0 Å². The largest absolute Gasteiger partial charge is 0.489 e. The number of nitrogens with one attached hydrogen (secondary N) is 1. The molecule has 0 spiro atoms. The Bertz CT molecular complexity index is 1260. The molecular formula is C23H21ClF2N2O4S2. The van der Waals surface area contributed by atoms with Gasteiger partial charge in [-0.1, -0.05) is 35.9 Å². The van der Waals surface area contributed by atoms with Crippen LogP contribution in [0, 0.1) is 11.6 Å². The minimum Gasteiger partial charge on any atom is -0.489 e. The van der Waals surface area contributed by atoms with Crippen molar-refractivity contribution in [2.24, 2.45) is 0 Å². The summed E-state index contributed by atoms with van der Waals surface area (Å²) in [5.41, 5.74) is 1.59. The van der Waals surface area contributed by atoms with Gasteiger partial charge in [0.25, 0.3) is 10.0 Å². The number of halogens is 3. The van der Waals surface area contributed by atoms with Gasteiger partial charge in [0.15, 0.2) is 0 Å². The summed E-state index contributed by atoms with van der Waals surface area (Å²) in [4.78, 5) is 12.8. The number of carbonyl (C=O) groups is 1. The molecule has 2 heterocycles. The Morgan fingerprint density at radius 1 is 1.09 bits per heavy atom. The molecule has 34 heavy (non-hydrogen) atoms. The van der Waals surface area contributed by atoms with Gasteiger partial charge in [0.2, 0.25) is 5.91 Å². The summed E-state index contributed by atoms with van der Waals surface area (Å²) in [6.07, 6.45) is 1.04. The number of rotatable bonds is 8. The highest BCUT2D eigenvalue weighted by Crippen LogP contribution is 2.32. The van der Waals surface area contributed by atoms with Crippen LogP contribution in [0.25, 0.3) is 0 Å². The van der Waals surface area contributed by atoms with Crippen molar-refractivity contribution in [2.45, 2.75) is 36.2 Å². The second-order valence-corrected chi connectivity index (χ2v) is 11.6. The molecule has 0 unspecified atom stereocenters. The normalized spacial score (nSPS) is 16.5. The molecule has 11 heteroatoms. The highest BCUT2D eigenvalue weighted by molar-refractivity contribution is 7.91. The number of thiophene rings is 1. The number of hydrogen-bond acceptors (Lipinski definition) is 5.